The van der Waals surface area contributed by atoms with Crippen LogP contribution in [0, 0.1) is 19.8 Å². The highest BCUT2D eigenvalue weighted by Gasteiger charge is 2.26. The fourth-order valence-electron chi connectivity index (χ4n) is 3.27. The molecule has 0 amide bonds. The predicted octanol–water partition coefficient (Wildman–Crippen LogP) is 4.58. The molecule has 0 aliphatic heterocycles. The van der Waals surface area contributed by atoms with Crippen molar-refractivity contribution < 1.29 is 0 Å². The van der Waals surface area contributed by atoms with Crippen LogP contribution in [0.4, 0.5) is 0 Å². The first-order chi connectivity index (χ1) is 9.08. The minimum Gasteiger partial charge on any atom is -0.314 e. The Morgan fingerprint density at radius 1 is 1.11 bits per heavy atom. The number of aryl methyl sites for hydroxylation is 2. The van der Waals surface area contributed by atoms with Gasteiger partial charge < -0.3 is 5.32 Å². The van der Waals surface area contributed by atoms with E-state index in [0.717, 1.165) is 11.8 Å². The van der Waals surface area contributed by atoms with E-state index in [1.165, 1.54) is 43.4 Å². The summed E-state index contributed by atoms with van der Waals surface area (Å²) in [5, 5.41) is 3.64. The summed E-state index contributed by atoms with van der Waals surface area (Å²) in [6.45, 7) is 10.1. The van der Waals surface area contributed by atoms with Crippen LogP contribution in [0.5, 0.6) is 0 Å². The molecule has 106 valence electrons. The van der Waals surface area contributed by atoms with E-state index in [1.807, 2.05) is 0 Å². The van der Waals surface area contributed by atoms with Gasteiger partial charge in [-0.3, -0.25) is 0 Å². The van der Waals surface area contributed by atoms with Gasteiger partial charge in [0.05, 0.1) is 0 Å². The second kappa shape index (κ2) is 6.56. The van der Waals surface area contributed by atoms with Crippen molar-refractivity contribution in [1.82, 2.24) is 5.32 Å². The van der Waals surface area contributed by atoms with Gasteiger partial charge in [-0.25, -0.2) is 0 Å². The van der Waals surface area contributed by atoms with E-state index in [9.17, 15) is 0 Å². The topological polar surface area (TPSA) is 12.0 Å². The summed E-state index contributed by atoms with van der Waals surface area (Å²) in [5.41, 5.74) is 4.42. The number of benzene rings is 1. The lowest BCUT2D eigenvalue weighted by molar-refractivity contribution is 0.289. The van der Waals surface area contributed by atoms with E-state index in [4.69, 9.17) is 0 Å². The smallest absolute Gasteiger partial charge is 0.00104 e. The quantitative estimate of drug-likeness (QED) is 0.835. The summed E-state index contributed by atoms with van der Waals surface area (Å²) in [4.78, 5) is 0. The maximum atomic E-state index is 3.64. The van der Waals surface area contributed by atoms with Crippen LogP contribution in [0.1, 0.15) is 62.1 Å². The molecule has 1 N–H and O–H groups in total. The number of nitrogens with one attached hydrogen (secondary N) is 1. The highest BCUT2D eigenvalue weighted by molar-refractivity contribution is 5.32. The Labute approximate surface area is 118 Å². The molecule has 0 aromatic heterocycles. The summed E-state index contributed by atoms with van der Waals surface area (Å²) in [6, 6.07) is 7.68. The molecule has 19 heavy (non-hydrogen) atoms. The standard InChI is InChI=1S/C18H29N/c1-13(2)19-12-17-7-5-6-8-18(17)16-10-9-14(3)15(4)11-16/h9-11,13,17-19H,5-8,12H2,1-4H3. The molecule has 2 rings (SSSR count). The molecule has 1 heteroatoms. The third-order valence-electron chi connectivity index (χ3n) is 4.66. The van der Waals surface area contributed by atoms with Crippen molar-refractivity contribution in [1.29, 1.82) is 0 Å². The molecule has 1 fully saturated rings. The van der Waals surface area contributed by atoms with E-state index in [-0.39, 0.29) is 0 Å². The first-order valence-corrected chi connectivity index (χ1v) is 7.88. The molecule has 0 radical (unpaired) electrons. The molecule has 2 atom stereocenters. The molecule has 0 spiro atoms. The van der Waals surface area contributed by atoms with Crippen LogP contribution in [-0.4, -0.2) is 12.6 Å². The fourth-order valence-corrected chi connectivity index (χ4v) is 3.27. The minimum atomic E-state index is 0.599. The van der Waals surface area contributed by atoms with Gasteiger partial charge in [0, 0.05) is 6.04 Å². The molecule has 0 saturated heterocycles. The molecule has 1 nitrogen and oxygen atoms in total. The van der Waals surface area contributed by atoms with Crippen molar-refractivity contribution in [3.8, 4) is 0 Å². The van der Waals surface area contributed by atoms with Crippen LogP contribution in [-0.2, 0) is 0 Å². The van der Waals surface area contributed by atoms with Crippen LogP contribution in [0.15, 0.2) is 18.2 Å². The normalized spacial score (nSPS) is 23.8. The molecular formula is C18H29N. The second-order valence-corrected chi connectivity index (χ2v) is 6.56. The van der Waals surface area contributed by atoms with Gasteiger partial charge in [-0.1, -0.05) is 44.9 Å². The van der Waals surface area contributed by atoms with E-state index < -0.39 is 0 Å². The van der Waals surface area contributed by atoms with Gasteiger partial charge in [0.2, 0.25) is 0 Å². The lowest BCUT2D eigenvalue weighted by Crippen LogP contribution is -2.33. The lowest BCUT2D eigenvalue weighted by Gasteiger charge is -2.33. The third kappa shape index (κ3) is 3.82. The number of rotatable bonds is 4. The number of hydrogen-bond acceptors (Lipinski definition) is 1. The van der Waals surface area contributed by atoms with Crippen molar-refractivity contribution in [2.45, 2.75) is 65.3 Å². The molecule has 0 bridgehead atoms. The van der Waals surface area contributed by atoms with E-state index in [2.05, 4.69) is 51.2 Å². The summed E-state index contributed by atoms with van der Waals surface area (Å²) >= 11 is 0. The maximum Gasteiger partial charge on any atom is 0.00104 e. The van der Waals surface area contributed by atoms with Gasteiger partial charge in [0.1, 0.15) is 0 Å². The Hall–Kier alpha value is -0.820. The summed E-state index contributed by atoms with van der Waals surface area (Å²) in [7, 11) is 0. The minimum absolute atomic E-state index is 0.599. The Balaban J connectivity index is 2.11. The van der Waals surface area contributed by atoms with Crippen LogP contribution < -0.4 is 5.32 Å². The summed E-state index contributed by atoms with van der Waals surface area (Å²) < 4.78 is 0. The maximum absolute atomic E-state index is 3.64. The van der Waals surface area contributed by atoms with Crippen molar-refractivity contribution in [3.05, 3.63) is 34.9 Å². The zero-order valence-electron chi connectivity index (χ0n) is 13.0. The van der Waals surface area contributed by atoms with Crippen LogP contribution in [0.25, 0.3) is 0 Å². The average Bonchev–Trinajstić information content (AvgIpc) is 2.40. The Bertz CT molecular complexity index is 408. The zero-order chi connectivity index (χ0) is 13.8. The second-order valence-electron chi connectivity index (χ2n) is 6.56. The monoisotopic (exact) mass is 259 g/mol. The van der Waals surface area contributed by atoms with Gasteiger partial charge >= 0.3 is 0 Å². The Kier molecular flexibility index (Phi) is 5.04. The molecule has 0 heterocycles. The van der Waals surface area contributed by atoms with Gasteiger partial charge in [-0.15, -0.1) is 0 Å². The lowest BCUT2D eigenvalue weighted by atomic mass is 9.75. The molecular weight excluding hydrogens is 230 g/mol. The number of hydrogen-bond donors (Lipinski definition) is 1. The first-order valence-electron chi connectivity index (χ1n) is 7.88. The van der Waals surface area contributed by atoms with Gasteiger partial charge in [-0.2, -0.15) is 0 Å². The molecule has 1 aromatic carbocycles. The van der Waals surface area contributed by atoms with Gasteiger partial charge in [0.15, 0.2) is 0 Å². The van der Waals surface area contributed by atoms with Gasteiger partial charge in [-0.05, 0) is 61.8 Å². The highest BCUT2D eigenvalue weighted by atomic mass is 14.9. The Morgan fingerprint density at radius 3 is 2.53 bits per heavy atom. The van der Waals surface area contributed by atoms with E-state index in [1.54, 1.807) is 5.56 Å². The molecule has 1 aromatic rings. The van der Waals surface area contributed by atoms with E-state index >= 15 is 0 Å². The van der Waals surface area contributed by atoms with Crippen molar-refractivity contribution in [2.24, 2.45) is 5.92 Å². The van der Waals surface area contributed by atoms with Crippen LogP contribution >= 0.6 is 0 Å². The zero-order valence-corrected chi connectivity index (χ0v) is 13.0. The van der Waals surface area contributed by atoms with Crippen molar-refractivity contribution in [2.75, 3.05) is 6.54 Å². The molecule has 1 aliphatic rings. The SMILES string of the molecule is Cc1ccc(C2CCCCC2CNC(C)C)cc1C. The summed E-state index contributed by atoms with van der Waals surface area (Å²) in [5.74, 6) is 1.58. The highest BCUT2D eigenvalue weighted by Crippen LogP contribution is 2.38. The molecule has 1 aliphatic carbocycles. The average molecular weight is 259 g/mol. The van der Waals surface area contributed by atoms with Crippen LogP contribution in [0.3, 0.4) is 0 Å². The van der Waals surface area contributed by atoms with Gasteiger partial charge in [0.25, 0.3) is 0 Å². The first kappa shape index (κ1) is 14.6. The predicted molar refractivity (Wildman–Crippen MR) is 83.8 cm³/mol. The molecule has 1 saturated carbocycles. The van der Waals surface area contributed by atoms with Crippen molar-refractivity contribution >= 4 is 0 Å². The largest absolute Gasteiger partial charge is 0.314 e. The van der Waals surface area contributed by atoms with E-state index in [0.29, 0.717) is 6.04 Å². The molecule has 2 unspecified atom stereocenters. The van der Waals surface area contributed by atoms with Crippen molar-refractivity contribution in [3.63, 3.8) is 0 Å². The Morgan fingerprint density at radius 2 is 1.84 bits per heavy atom. The van der Waals surface area contributed by atoms with Crippen LogP contribution in [0.2, 0.25) is 0 Å². The fraction of sp³-hybridized carbons (Fsp3) is 0.667. The summed E-state index contributed by atoms with van der Waals surface area (Å²) in [6.07, 6.45) is 5.56. The third-order valence-corrected chi connectivity index (χ3v) is 4.66.